The van der Waals surface area contributed by atoms with E-state index in [1.807, 2.05) is 0 Å². The number of aliphatic hydroxyl groups is 1. The summed E-state index contributed by atoms with van der Waals surface area (Å²) >= 11 is 9.96. The maximum Gasteiger partial charge on any atom is 0.130 e. The van der Waals surface area contributed by atoms with Gasteiger partial charge in [-0.3, -0.25) is 0 Å². The zero-order valence-corrected chi connectivity index (χ0v) is 4.50. The number of hydrogen-bond acceptors (Lipinski definition) is 1. The van der Waals surface area contributed by atoms with Crippen LogP contribution in [0.5, 0.6) is 0 Å². The summed E-state index contributed by atoms with van der Waals surface area (Å²) in [6, 6.07) is 0. The third kappa shape index (κ3) is 8.82. The average molecular weight is 133 g/mol. The van der Waals surface area contributed by atoms with Crippen molar-refractivity contribution in [1.82, 2.24) is 0 Å². The van der Waals surface area contributed by atoms with E-state index in [0.29, 0.717) is 0 Å². The van der Waals surface area contributed by atoms with Gasteiger partial charge in [0, 0.05) is 0 Å². The standard InChI is InChI=1S/C2H4Cl2O.H2O/c3-2(4)1-5;/h2,5H,1H2;1H2. The topological polar surface area (TPSA) is 51.7 Å². The first-order chi connectivity index (χ1) is 2.27. The zero-order valence-electron chi connectivity index (χ0n) is 2.99. The molecule has 0 aromatic rings. The Morgan fingerprint density at radius 3 is 1.67 bits per heavy atom. The molecule has 0 rings (SSSR count). The molecule has 0 fully saturated rings. The second-order valence-electron chi connectivity index (χ2n) is 0.574. The highest BCUT2D eigenvalue weighted by atomic mass is 35.5. The Hall–Kier alpha value is 0.500. The van der Waals surface area contributed by atoms with E-state index in [9.17, 15) is 0 Å². The SMILES string of the molecule is O.OCC(Cl)Cl. The second-order valence-corrected chi connectivity index (χ2v) is 1.85. The lowest BCUT2D eigenvalue weighted by Crippen LogP contribution is -1.90. The summed E-state index contributed by atoms with van der Waals surface area (Å²) in [6.45, 7) is -0.164. The van der Waals surface area contributed by atoms with Crippen LogP contribution in [0.2, 0.25) is 0 Å². The van der Waals surface area contributed by atoms with Gasteiger partial charge in [0.2, 0.25) is 0 Å². The number of hydrogen-bond donors (Lipinski definition) is 1. The Morgan fingerprint density at radius 1 is 1.50 bits per heavy atom. The Labute approximate surface area is 46.0 Å². The van der Waals surface area contributed by atoms with Gasteiger partial charge in [-0.05, 0) is 0 Å². The highest BCUT2D eigenvalue weighted by Crippen LogP contribution is 1.96. The predicted octanol–water partition coefficient (Wildman–Crippen LogP) is -0.0423. The smallest absolute Gasteiger partial charge is 0.130 e. The van der Waals surface area contributed by atoms with Gasteiger partial charge in [-0.25, -0.2) is 0 Å². The van der Waals surface area contributed by atoms with Crippen LogP contribution in [-0.4, -0.2) is 22.0 Å². The quantitative estimate of drug-likeness (QED) is 0.501. The summed E-state index contributed by atoms with van der Waals surface area (Å²) in [5.41, 5.74) is 0. The fourth-order valence-electron chi connectivity index (χ4n) is 0. The fourth-order valence-corrected chi connectivity index (χ4v) is 0. The van der Waals surface area contributed by atoms with E-state index in [1.54, 1.807) is 0 Å². The van der Waals surface area contributed by atoms with Gasteiger partial charge in [-0.2, -0.15) is 0 Å². The molecule has 0 aliphatic heterocycles. The van der Waals surface area contributed by atoms with Gasteiger partial charge >= 0.3 is 0 Å². The minimum absolute atomic E-state index is 0. The van der Waals surface area contributed by atoms with Gasteiger partial charge in [0.15, 0.2) is 0 Å². The molecule has 0 unspecified atom stereocenters. The van der Waals surface area contributed by atoms with Gasteiger partial charge in [0.1, 0.15) is 4.84 Å². The molecular formula is C2H6Cl2O2. The van der Waals surface area contributed by atoms with Crippen molar-refractivity contribution in [3.8, 4) is 0 Å². The molecule has 0 saturated carbocycles. The van der Waals surface area contributed by atoms with Gasteiger partial charge in [0.05, 0.1) is 6.61 Å². The molecular weight excluding hydrogens is 127 g/mol. The molecule has 0 aliphatic rings. The third-order valence-electron chi connectivity index (χ3n) is 0.138. The van der Waals surface area contributed by atoms with E-state index in [0.717, 1.165) is 0 Å². The van der Waals surface area contributed by atoms with E-state index in [-0.39, 0.29) is 12.1 Å². The summed E-state index contributed by atoms with van der Waals surface area (Å²) in [6.07, 6.45) is 0. The van der Waals surface area contributed by atoms with Crippen LogP contribution in [0.1, 0.15) is 0 Å². The van der Waals surface area contributed by atoms with Crippen molar-refractivity contribution in [2.24, 2.45) is 0 Å². The zero-order chi connectivity index (χ0) is 4.28. The van der Waals surface area contributed by atoms with E-state index in [2.05, 4.69) is 0 Å². The summed E-state index contributed by atoms with van der Waals surface area (Å²) in [7, 11) is 0. The highest BCUT2D eigenvalue weighted by Gasteiger charge is 1.88. The van der Waals surface area contributed by atoms with Crippen molar-refractivity contribution in [2.45, 2.75) is 4.84 Å². The molecule has 3 N–H and O–H groups in total. The molecule has 6 heavy (non-hydrogen) atoms. The molecule has 0 bridgehead atoms. The molecule has 40 valence electrons. The van der Waals surface area contributed by atoms with Crippen LogP contribution in [-0.2, 0) is 0 Å². The van der Waals surface area contributed by atoms with Gasteiger partial charge in [-0.1, -0.05) is 0 Å². The van der Waals surface area contributed by atoms with Crippen LogP contribution >= 0.6 is 23.2 Å². The number of rotatable bonds is 1. The largest absolute Gasteiger partial charge is 0.412 e. The molecule has 4 heteroatoms. The van der Waals surface area contributed by atoms with Crippen molar-refractivity contribution in [2.75, 3.05) is 6.61 Å². The van der Waals surface area contributed by atoms with E-state index >= 15 is 0 Å². The predicted molar refractivity (Wildman–Crippen MR) is 26.2 cm³/mol. The lowest BCUT2D eigenvalue weighted by Gasteiger charge is -1.84. The van der Waals surface area contributed by atoms with Crippen molar-refractivity contribution >= 4 is 23.2 Å². The van der Waals surface area contributed by atoms with Crippen LogP contribution in [0.3, 0.4) is 0 Å². The maximum absolute atomic E-state index is 7.88. The van der Waals surface area contributed by atoms with Crippen LogP contribution in [0.15, 0.2) is 0 Å². The van der Waals surface area contributed by atoms with Crippen LogP contribution in [0, 0.1) is 0 Å². The number of alkyl halides is 2. The van der Waals surface area contributed by atoms with Crippen LogP contribution in [0.25, 0.3) is 0 Å². The lowest BCUT2D eigenvalue weighted by atomic mass is 10.9. The monoisotopic (exact) mass is 132 g/mol. The molecule has 0 atom stereocenters. The minimum atomic E-state index is -0.616. The Kier molecular flexibility index (Phi) is 8.90. The van der Waals surface area contributed by atoms with E-state index in [4.69, 9.17) is 28.3 Å². The summed E-state index contributed by atoms with van der Waals surface area (Å²) in [5, 5.41) is 7.88. The summed E-state index contributed by atoms with van der Waals surface area (Å²) < 4.78 is 0. The van der Waals surface area contributed by atoms with Crippen LogP contribution < -0.4 is 0 Å². The summed E-state index contributed by atoms with van der Waals surface area (Å²) in [4.78, 5) is -0.616. The average Bonchev–Trinajstić information content (AvgIpc) is 1.38. The molecule has 0 radical (unpaired) electrons. The van der Waals surface area contributed by atoms with Crippen molar-refractivity contribution in [1.29, 1.82) is 0 Å². The Balaban J connectivity index is 0. The molecule has 0 saturated heterocycles. The maximum atomic E-state index is 7.88. The normalized spacial score (nSPS) is 8.00. The Bertz CT molecular complexity index is 23.5. The first-order valence-corrected chi connectivity index (χ1v) is 2.03. The highest BCUT2D eigenvalue weighted by molar-refractivity contribution is 6.44. The molecule has 0 spiro atoms. The van der Waals surface area contributed by atoms with E-state index in [1.165, 1.54) is 0 Å². The minimum Gasteiger partial charge on any atom is -0.412 e. The van der Waals surface area contributed by atoms with Crippen molar-refractivity contribution in [3.05, 3.63) is 0 Å². The van der Waals surface area contributed by atoms with Gasteiger partial charge in [-0.15, -0.1) is 23.2 Å². The Morgan fingerprint density at radius 2 is 1.67 bits per heavy atom. The van der Waals surface area contributed by atoms with Gasteiger partial charge in [0.25, 0.3) is 0 Å². The van der Waals surface area contributed by atoms with E-state index < -0.39 is 4.84 Å². The number of halogens is 2. The van der Waals surface area contributed by atoms with Crippen molar-refractivity contribution in [3.63, 3.8) is 0 Å². The molecule has 2 nitrogen and oxygen atoms in total. The first kappa shape index (κ1) is 9.71. The molecule has 0 aromatic carbocycles. The fraction of sp³-hybridized carbons (Fsp3) is 1.00. The first-order valence-electron chi connectivity index (χ1n) is 1.16. The third-order valence-corrected chi connectivity index (χ3v) is 0.414. The summed E-state index contributed by atoms with van der Waals surface area (Å²) in [5.74, 6) is 0. The molecule has 0 aliphatic carbocycles. The van der Waals surface area contributed by atoms with Gasteiger partial charge < -0.3 is 10.6 Å². The van der Waals surface area contributed by atoms with Crippen LogP contribution in [0.4, 0.5) is 0 Å². The number of aliphatic hydroxyl groups excluding tert-OH is 1. The molecule has 0 aromatic heterocycles. The molecule has 0 amide bonds. The molecule has 0 heterocycles. The van der Waals surface area contributed by atoms with Crippen molar-refractivity contribution < 1.29 is 10.6 Å². The lowest BCUT2D eigenvalue weighted by molar-refractivity contribution is 0.313. The second kappa shape index (κ2) is 5.50.